The van der Waals surface area contributed by atoms with Crippen LogP contribution in [-0.2, 0) is 26.2 Å². The van der Waals surface area contributed by atoms with Crippen molar-refractivity contribution < 1.29 is 26.2 Å². The van der Waals surface area contributed by atoms with E-state index >= 15 is 0 Å². The zero-order valence-electron chi connectivity index (χ0n) is 13.0. The van der Waals surface area contributed by atoms with Crippen molar-refractivity contribution in [2.75, 3.05) is 20.6 Å². The van der Waals surface area contributed by atoms with Crippen molar-refractivity contribution in [3.05, 3.63) is 65.8 Å². The molecule has 1 unspecified atom stereocenters. The van der Waals surface area contributed by atoms with E-state index < -0.39 is 0 Å². The van der Waals surface area contributed by atoms with Crippen LogP contribution in [0.5, 0.6) is 0 Å². The average molecular weight is 357 g/mol. The molecule has 1 nitrogen and oxygen atoms in total. The van der Waals surface area contributed by atoms with Gasteiger partial charge in [-0.15, -0.1) is 18.1 Å². The fraction of sp³-hybridized carbons (Fsp3) is 0.368. The maximum atomic E-state index is 3.45. The second-order valence-corrected chi connectivity index (χ2v) is 5.44. The van der Waals surface area contributed by atoms with E-state index in [4.69, 9.17) is 0 Å². The van der Waals surface area contributed by atoms with Gasteiger partial charge >= 0.3 is 26.2 Å². The van der Waals surface area contributed by atoms with Gasteiger partial charge in [-0.1, -0.05) is 30.5 Å². The Bertz CT molecular complexity index is 490. The van der Waals surface area contributed by atoms with Crippen molar-refractivity contribution in [1.82, 2.24) is 4.90 Å². The molecular weight excluding hydrogens is 333 g/mol. The van der Waals surface area contributed by atoms with Crippen LogP contribution < -0.4 is 0 Å². The predicted octanol–water partition coefficient (Wildman–Crippen LogP) is 4.25. The molecule has 0 heterocycles. The third kappa shape index (κ3) is 6.28. The van der Waals surface area contributed by atoms with Gasteiger partial charge in [-0.3, -0.25) is 12.2 Å². The molecule has 1 aromatic rings. The first-order chi connectivity index (χ1) is 9.77. The van der Waals surface area contributed by atoms with E-state index in [1.807, 2.05) is 12.2 Å². The first-order valence-electron chi connectivity index (χ1n) is 7.32. The molecule has 108 valence electrons. The summed E-state index contributed by atoms with van der Waals surface area (Å²) in [5, 5.41) is 0. The van der Waals surface area contributed by atoms with E-state index in [9.17, 15) is 0 Å². The maximum absolute atomic E-state index is 3.45. The fourth-order valence-corrected chi connectivity index (χ4v) is 2.43. The van der Waals surface area contributed by atoms with Crippen LogP contribution in [-0.4, -0.2) is 25.5 Å². The average Bonchev–Trinajstić information content (AvgIpc) is 3.11. The minimum atomic E-state index is 0. The molecule has 1 atom stereocenters. The predicted molar refractivity (Wildman–Crippen MR) is 86.2 cm³/mol. The molecular formula is C19H23NZr. The Kier molecular flexibility index (Phi) is 8.80. The number of fused-ring (bicyclic) bond motifs is 1. The molecule has 0 aromatic heterocycles. The van der Waals surface area contributed by atoms with Gasteiger partial charge in [-0.2, -0.15) is 11.6 Å². The second-order valence-electron chi connectivity index (χ2n) is 5.44. The Balaban J connectivity index is 0.000000313. The summed E-state index contributed by atoms with van der Waals surface area (Å²) in [5.74, 6) is 0.529. The number of allylic oxidation sites excluding steroid dienone is 5. The Hall–Kier alpha value is -0.717. The number of benzene rings is 1. The molecule has 0 N–H and O–H groups in total. The first kappa shape index (κ1) is 18.3. The van der Waals surface area contributed by atoms with Gasteiger partial charge in [0.25, 0.3) is 0 Å². The van der Waals surface area contributed by atoms with E-state index in [0.717, 1.165) is 6.42 Å². The summed E-state index contributed by atoms with van der Waals surface area (Å²) in [7, 11) is 4.25. The van der Waals surface area contributed by atoms with Gasteiger partial charge in [0.1, 0.15) is 0 Å². The van der Waals surface area contributed by atoms with E-state index in [1.54, 1.807) is 0 Å². The minimum absolute atomic E-state index is 0. The third-order valence-corrected chi connectivity index (χ3v) is 3.50. The molecule has 0 fully saturated rings. The molecule has 0 spiro atoms. The van der Waals surface area contributed by atoms with Gasteiger partial charge in [0.15, 0.2) is 0 Å². The van der Waals surface area contributed by atoms with Crippen molar-refractivity contribution in [3.63, 3.8) is 0 Å². The maximum Gasteiger partial charge on any atom is 2.00 e. The first-order valence-corrected chi connectivity index (χ1v) is 7.32. The van der Waals surface area contributed by atoms with Crippen molar-refractivity contribution >= 4 is 6.08 Å². The summed E-state index contributed by atoms with van der Waals surface area (Å²) in [5.41, 5.74) is 2.81. The van der Waals surface area contributed by atoms with E-state index in [2.05, 4.69) is 67.6 Å². The molecule has 2 aliphatic rings. The molecule has 0 saturated heterocycles. The van der Waals surface area contributed by atoms with Crippen molar-refractivity contribution in [3.8, 4) is 0 Å². The quantitative estimate of drug-likeness (QED) is 0.729. The van der Waals surface area contributed by atoms with Gasteiger partial charge in [0.05, 0.1) is 0 Å². The minimum Gasteiger partial charge on any atom is -0.309 e. The van der Waals surface area contributed by atoms with Gasteiger partial charge in [-0.25, -0.2) is 18.2 Å². The molecule has 2 aliphatic carbocycles. The topological polar surface area (TPSA) is 3.24 Å². The number of hydrogen-bond donors (Lipinski definition) is 0. The Labute approximate surface area is 148 Å². The van der Waals surface area contributed by atoms with Crippen molar-refractivity contribution in [2.24, 2.45) is 0 Å². The monoisotopic (exact) mass is 355 g/mol. The molecule has 0 aliphatic heterocycles. The van der Waals surface area contributed by atoms with Crippen LogP contribution in [0.25, 0.3) is 6.08 Å². The molecule has 0 saturated carbocycles. The standard InChI is InChI=1S/C14H18N.C5H5.Zr/c1-15(2)11-5-7-13-10-9-12-6-3-4-8-14(12)13;1-2-4-5-3-1;/h3-4,6,8-9,13H,5,7,11H2,1-2H3;1-3H,4H2;/q2*-1;+2. The van der Waals surface area contributed by atoms with E-state index in [0.29, 0.717) is 5.92 Å². The largest absolute Gasteiger partial charge is 2.00 e. The third-order valence-electron chi connectivity index (χ3n) is 3.50. The molecule has 21 heavy (non-hydrogen) atoms. The summed E-state index contributed by atoms with van der Waals surface area (Å²) in [6.07, 6.45) is 18.0. The molecule has 0 radical (unpaired) electrons. The number of hydrogen-bond acceptors (Lipinski definition) is 1. The molecule has 1 aromatic carbocycles. The van der Waals surface area contributed by atoms with Crippen LogP contribution in [0.15, 0.2) is 42.5 Å². The Morgan fingerprint density at radius 2 is 2.05 bits per heavy atom. The number of nitrogens with zero attached hydrogens (tertiary/aromatic N) is 1. The summed E-state index contributed by atoms with van der Waals surface area (Å²) in [6.45, 7) is 1.17. The van der Waals surface area contributed by atoms with Crippen molar-refractivity contribution in [1.29, 1.82) is 0 Å². The van der Waals surface area contributed by atoms with Gasteiger partial charge in [-0.05, 0) is 27.1 Å². The molecule has 0 bridgehead atoms. The van der Waals surface area contributed by atoms with Crippen LogP contribution in [0.3, 0.4) is 0 Å². The fourth-order valence-electron chi connectivity index (χ4n) is 2.43. The molecule has 2 heteroatoms. The summed E-state index contributed by atoms with van der Waals surface area (Å²) in [4.78, 5) is 2.24. The Morgan fingerprint density at radius 3 is 2.67 bits per heavy atom. The zero-order chi connectivity index (χ0) is 14.2. The van der Waals surface area contributed by atoms with E-state index in [-0.39, 0.29) is 26.2 Å². The van der Waals surface area contributed by atoms with Crippen LogP contribution in [0.1, 0.15) is 36.3 Å². The van der Waals surface area contributed by atoms with E-state index in [1.165, 1.54) is 30.5 Å². The van der Waals surface area contributed by atoms with Crippen LogP contribution >= 0.6 is 0 Å². The summed E-state index contributed by atoms with van der Waals surface area (Å²) < 4.78 is 0. The zero-order valence-corrected chi connectivity index (χ0v) is 15.4. The summed E-state index contributed by atoms with van der Waals surface area (Å²) in [6, 6.07) is 8.62. The van der Waals surface area contributed by atoms with Gasteiger partial charge in [0.2, 0.25) is 0 Å². The van der Waals surface area contributed by atoms with Gasteiger partial charge in [0, 0.05) is 0 Å². The molecule has 3 rings (SSSR count). The van der Waals surface area contributed by atoms with Crippen molar-refractivity contribution in [2.45, 2.75) is 25.2 Å². The summed E-state index contributed by atoms with van der Waals surface area (Å²) >= 11 is 0. The number of rotatable bonds is 4. The second kappa shape index (κ2) is 10.1. The van der Waals surface area contributed by atoms with Crippen LogP contribution in [0.4, 0.5) is 0 Å². The van der Waals surface area contributed by atoms with Gasteiger partial charge < -0.3 is 4.90 Å². The Morgan fingerprint density at radius 1 is 1.24 bits per heavy atom. The smallest absolute Gasteiger partial charge is 0.309 e. The SMILES string of the molecule is CN(C)CCCC1[C-]=Cc2ccccc21.[C-]1=CC=CC1.[Zr+2]. The normalized spacial score (nSPS) is 17.4. The molecule has 0 amide bonds. The van der Waals surface area contributed by atoms with Crippen LogP contribution in [0.2, 0.25) is 0 Å². The van der Waals surface area contributed by atoms with Crippen LogP contribution in [0, 0.1) is 12.2 Å².